The summed E-state index contributed by atoms with van der Waals surface area (Å²) in [6.45, 7) is 2.17. The fourth-order valence-corrected chi connectivity index (χ4v) is 3.37. The minimum atomic E-state index is 0.161. The second-order valence-electron chi connectivity index (χ2n) is 6.62. The number of nitrogens with one attached hydrogen (secondary N) is 1. The lowest BCUT2D eigenvalue weighted by atomic mass is 10.1. The van der Waals surface area contributed by atoms with Gasteiger partial charge in [-0.3, -0.25) is 4.79 Å². The quantitative estimate of drug-likeness (QED) is 0.928. The number of anilines is 1. The first kappa shape index (κ1) is 15.3. The highest BCUT2D eigenvalue weighted by atomic mass is 16.5. The molecule has 0 unspecified atom stereocenters. The molecular formula is C18H26N2O2. The number of hydrogen-bond acceptors (Lipinski definition) is 3. The Balaban J connectivity index is 1.56. The third-order valence-electron chi connectivity index (χ3n) is 4.80. The van der Waals surface area contributed by atoms with Crippen molar-refractivity contribution in [3.63, 3.8) is 0 Å². The van der Waals surface area contributed by atoms with E-state index < -0.39 is 0 Å². The molecule has 0 bridgehead atoms. The van der Waals surface area contributed by atoms with E-state index in [1.165, 1.54) is 12.8 Å². The zero-order valence-corrected chi connectivity index (χ0v) is 13.4. The molecule has 0 radical (unpaired) electrons. The molecule has 1 heterocycles. The summed E-state index contributed by atoms with van der Waals surface area (Å²) in [5.41, 5.74) is 0.849. The number of carbonyl (C=O) groups is 1. The Kier molecular flexibility index (Phi) is 4.98. The van der Waals surface area contributed by atoms with Gasteiger partial charge in [-0.05, 0) is 44.9 Å². The van der Waals surface area contributed by atoms with Crippen LogP contribution in [0.5, 0.6) is 5.75 Å². The van der Waals surface area contributed by atoms with Crippen LogP contribution in [0, 0.1) is 5.92 Å². The van der Waals surface area contributed by atoms with Crippen LogP contribution in [-0.2, 0) is 4.79 Å². The summed E-state index contributed by atoms with van der Waals surface area (Å²) in [5.74, 6) is 1.21. The highest BCUT2D eigenvalue weighted by molar-refractivity contribution is 5.92. The molecule has 1 aromatic carbocycles. The van der Waals surface area contributed by atoms with Crippen molar-refractivity contribution in [1.29, 1.82) is 0 Å². The average molecular weight is 302 g/mol. The summed E-state index contributed by atoms with van der Waals surface area (Å²) in [4.78, 5) is 14.5. The second-order valence-corrected chi connectivity index (χ2v) is 6.62. The highest BCUT2D eigenvalue weighted by Crippen LogP contribution is 2.27. The molecule has 4 nitrogen and oxygen atoms in total. The zero-order chi connectivity index (χ0) is 15.4. The van der Waals surface area contributed by atoms with Crippen LogP contribution in [-0.4, -0.2) is 37.0 Å². The van der Waals surface area contributed by atoms with Crippen molar-refractivity contribution < 1.29 is 9.53 Å². The van der Waals surface area contributed by atoms with Crippen molar-refractivity contribution in [1.82, 2.24) is 4.90 Å². The number of benzene rings is 1. The number of piperidine rings is 1. The predicted octanol–water partition coefficient (Wildman–Crippen LogP) is 3.29. The molecule has 0 aromatic heterocycles. The van der Waals surface area contributed by atoms with Gasteiger partial charge < -0.3 is 15.0 Å². The smallest absolute Gasteiger partial charge is 0.227 e. The van der Waals surface area contributed by atoms with Crippen LogP contribution < -0.4 is 10.1 Å². The molecule has 1 aromatic rings. The molecule has 1 amide bonds. The Morgan fingerprint density at radius 2 is 1.91 bits per heavy atom. The summed E-state index contributed by atoms with van der Waals surface area (Å²) >= 11 is 0. The van der Waals surface area contributed by atoms with E-state index in [1.807, 2.05) is 24.3 Å². The van der Waals surface area contributed by atoms with Gasteiger partial charge >= 0.3 is 0 Å². The number of amides is 1. The molecule has 0 atom stereocenters. The van der Waals surface area contributed by atoms with Gasteiger partial charge in [-0.15, -0.1) is 0 Å². The first-order valence-corrected chi connectivity index (χ1v) is 8.47. The number of nitrogens with zero attached hydrogens (tertiary/aromatic N) is 1. The van der Waals surface area contributed by atoms with Gasteiger partial charge in [-0.25, -0.2) is 0 Å². The number of ether oxygens (including phenoxy) is 1. The molecular weight excluding hydrogens is 276 g/mol. The number of hydrogen-bond donors (Lipinski definition) is 1. The van der Waals surface area contributed by atoms with Crippen molar-refractivity contribution in [2.45, 2.75) is 44.6 Å². The third kappa shape index (κ3) is 4.01. The van der Waals surface area contributed by atoms with E-state index in [0.29, 0.717) is 0 Å². The van der Waals surface area contributed by atoms with Gasteiger partial charge in [0.15, 0.2) is 0 Å². The lowest BCUT2D eigenvalue weighted by Crippen LogP contribution is -2.35. The maximum absolute atomic E-state index is 12.2. The van der Waals surface area contributed by atoms with Gasteiger partial charge in [0.25, 0.3) is 0 Å². The lowest BCUT2D eigenvalue weighted by Gasteiger charge is -2.29. The van der Waals surface area contributed by atoms with Gasteiger partial charge in [0.1, 0.15) is 11.9 Å². The van der Waals surface area contributed by atoms with Gasteiger partial charge in [-0.2, -0.15) is 0 Å². The van der Waals surface area contributed by atoms with Crippen LogP contribution >= 0.6 is 0 Å². The Morgan fingerprint density at radius 1 is 1.18 bits per heavy atom. The van der Waals surface area contributed by atoms with E-state index in [1.54, 1.807) is 0 Å². The first-order chi connectivity index (χ1) is 10.7. The lowest BCUT2D eigenvalue weighted by molar-refractivity contribution is -0.119. The van der Waals surface area contributed by atoms with Gasteiger partial charge in [0.05, 0.1) is 0 Å². The largest absolute Gasteiger partial charge is 0.490 e. The highest BCUT2D eigenvalue weighted by Gasteiger charge is 2.23. The van der Waals surface area contributed by atoms with E-state index in [4.69, 9.17) is 4.74 Å². The fourth-order valence-electron chi connectivity index (χ4n) is 3.37. The predicted molar refractivity (Wildman–Crippen MR) is 88.2 cm³/mol. The molecule has 1 saturated carbocycles. The van der Waals surface area contributed by atoms with Crippen molar-refractivity contribution in [3.05, 3.63) is 24.3 Å². The number of carbonyl (C=O) groups excluding carboxylic acids is 1. The van der Waals surface area contributed by atoms with E-state index in [0.717, 1.165) is 50.2 Å². The van der Waals surface area contributed by atoms with E-state index in [-0.39, 0.29) is 17.9 Å². The number of likely N-dealkylation sites (tertiary alicyclic amines) is 1. The Morgan fingerprint density at radius 3 is 2.64 bits per heavy atom. The monoisotopic (exact) mass is 302 g/mol. The second kappa shape index (κ2) is 7.14. The molecule has 2 fully saturated rings. The topological polar surface area (TPSA) is 41.6 Å². The molecule has 3 rings (SSSR count). The van der Waals surface area contributed by atoms with E-state index in [9.17, 15) is 4.79 Å². The van der Waals surface area contributed by atoms with E-state index >= 15 is 0 Å². The van der Waals surface area contributed by atoms with Crippen LogP contribution in [0.3, 0.4) is 0 Å². The van der Waals surface area contributed by atoms with E-state index in [2.05, 4.69) is 17.3 Å². The summed E-state index contributed by atoms with van der Waals surface area (Å²) in [6.07, 6.45) is 6.82. The minimum Gasteiger partial charge on any atom is -0.490 e. The third-order valence-corrected chi connectivity index (χ3v) is 4.80. The van der Waals surface area contributed by atoms with Crippen LogP contribution in [0.25, 0.3) is 0 Å². The van der Waals surface area contributed by atoms with Crippen LogP contribution in [0.2, 0.25) is 0 Å². The maximum Gasteiger partial charge on any atom is 0.227 e. The Hall–Kier alpha value is -1.55. The fraction of sp³-hybridized carbons (Fsp3) is 0.611. The van der Waals surface area contributed by atoms with Crippen molar-refractivity contribution in [3.8, 4) is 5.75 Å². The molecule has 1 N–H and O–H groups in total. The van der Waals surface area contributed by atoms with Crippen LogP contribution in [0.15, 0.2) is 24.3 Å². The van der Waals surface area contributed by atoms with Crippen molar-refractivity contribution >= 4 is 11.6 Å². The summed E-state index contributed by atoms with van der Waals surface area (Å²) < 4.78 is 6.07. The Labute approximate surface area is 132 Å². The molecule has 2 aliphatic rings. The molecule has 4 heteroatoms. The van der Waals surface area contributed by atoms with Gasteiger partial charge in [0.2, 0.25) is 5.91 Å². The molecule has 1 aliphatic heterocycles. The molecule has 1 aliphatic carbocycles. The number of rotatable bonds is 4. The first-order valence-electron chi connectivity index (χ1n) is 8.47. The van der Waals surface area contributed by atoms with Crippen LogP contribution in [0.1, 0.15) is 38.5 Å². The summed E-state index contributed by atoms with van der Waals surface area (Å²) in [7, 11) is 2.15. The standard InChI is InChI=1S/C18H26N2O2/c1-20-11-9-16(10-12-20)22-17-8-4-7-15(13-17)19-18(21)14-5-2-3-6-14/h4,7-8,13-14,16H,2-3,5-6,9-12H2,1H3,(H,19,21). The van der Waals surface area contributed by atoms with Gasteiger partial charge in [-0.1, -0.05) is 18.9 Å². The SMILES string of the molecule is CN1CCC(Oc2cccc(NC(=O)C3CCCC3)c2)CC1. The van der Waals surface area contributed by atoms with Crippen LogP contribution in [0.4, 0.5) is 5.69 Å². The Bertz CT molecular complexity index is 504. The summed E-state index contributed by atoms with van der Waals surface area (Å²) in [5, 5.41) is 3.04. The molecule has 0 spiro atoms. The summed E-state index contributed by atoms with van der Waals surface area (Å²) in [6, 6.07) is 7.82. The molecule has 120 valence electrons. The maximum atomic E-state index is 12.2. The minimum absolute atomic E-state index is 0.161. The van der Waals surface area contributed by atoms with Crippen molar-refractivity contribution in [2.24, 2.45) is 5.92 Å². The normalized spacial score (nSPS) is 21.0. The molecule has 1 saturated heterocycles. The van der Waals surface area contributed by atoms with Crippen molar-refractivity contribution in [2.75, 3.05) is 25.5 Å². The molecule has 22 heavy (non-hydrogen) atoms. The zero-order valence-electron chi connectivity index (χ0n) is 13.4. The van der Waals surface area contributed by atoms with Gasteiger partial charge in [0, 0.05) is 30.8 Å². The average Bonchev–Trinajstić information content (AvgIpc) is 3.04.